The second-order valence-electron chi connectivity index (χ2n) is 6.87. The highest BCUT2D eigenvalue weighted by molar-refractivity contribution is 7.89. The molecule has 0 fully saturated rings. The lowest BCUT2D eigenvalue weighted by Crippen LogP contribution is -2.37. The maximum Gasteiger partial charge on any atom is 0.258 e. The highest BCUT2D eigenvalue weighted by Crippen LogP contribution is 2.32. The molecule has 3 rings (SSSR count). The molecule has 0 aromatic heterocycles. The van der Waals surface area contributed by atoms with Crippen LogP contribution in [0.5, 0.6) is 0 Å². The number of amides is 1. The SMILES string of the molecule is CCN(CC)S(=O)(=O)c1ccc(C)c(C(=O)N2CCCc3cccc(F)c32)c1. The number of benzene rings is 2. The molecule has 5 nitrogen and oxygen atoms in total. The molecule has 1 heterocycles. The number of anilines is 1. The van der Waals surface area contributed by atoms with Gasteiger partial charge in [0.15, 0.2) is 0 Å². The molecule has 2 aromatic carbocycles. The second kappa shape index (κ2) is 8.01. The fourth-order valence-corrected chi connectivity index (χ4v) is 5.14. The van der Waals surface area contributed by atoms with E-state index in [9.17, 15) is 17.6 Å². The first kappa shape index (κ1) is 20.5. The highest BCUT2D eigenvalue weighted by atomic mass is 32.2. The van der Waals surface area contributed by atoms with Gasteiger partial charge in [-0.1, -0.05) is 32.0 Å². The minimum absolute atomic E-state index is 0.0796. The van der Waals surface area contributed by atoms with Crippen LogP contribution in [0, 0.1) is 12.7 Å². The number of hydrogen-bond donors (Lipinski definition) is 0. The van der Waals surface area contributed by atoms with Gasteiger partial charge >= 0.3 is 0 Å². The Morgan fingerprint density at radius 1 is 1.18 bits per heavy atom. The summed E-state index contributed by atoms with van der Waals surface area (Å²) < 4.78 is 41.5. The third kappa shape index (κ3) is 3.56. The molecule has 0 unspecified atom stereocenters. The van der Waals surface area contributed by atoms with Crippen molar-refractivity contribution in [1.82, 2.24) is 4.31 Å². The smallest absolute Gasteiger partial charge is 0.258 e. The third-order valence-corrected chi connectivity index (χ3v) is 7.24. The number of carbonyl (C=O) groups is 1. The van der Waals surface area contributed by atoms with Crippen molar-refractivity contribution in [3.05, 3.63) is 58.9 Å². The Balaban J connectivity index is 2.05. The number of fused-ring (bicyclic) bond motifs is 1. The summed E-state index contributed by atoms with van der Waals surface area (Å²) in [5.74, 6) is -0.810. The molecule has 1 aliphatic rings. The van der Waals surface area contributed by atoms with E-state index in [2.05, 4.69) is 0 Å². The van der Waals surface area contributed by atoms with Crippen molar-refractivity contribution >= 4 is 21.6 Å². The average Bonchev–Trinajstić information content (AvgIpc) is 2.68. The van der Waals surface area contributed by atoms with Gasteiger partial charge in [-0.2, -0.15) is 4.31 Å². The summed E-state index contributed by atoms with van der Waals surface area (Å²) in [5.41, 5.74) is 2.04. The van der Waals surface area contributed by atoms with Crippen molar-refractivity contribution in [2.45, 2.75) is 38.5 Å². The lowest BCUT2D eigenvalue weighted by molar-refractivity contribution is 0.0983. The molecule has 1 amide bonds. The van der Waals surface area contributed by atoms with E-state index < -0.39 is 15.8 Å². The molecule has 0 saturated carbocycles. The van der Waals surface area contributed by atoms with E-state index >= 15 is 0 Å². The summed E-state index contributed by atoms with van der Waals surface area (Å²) in [7, 11) is -3.68. The topological polar surface area (TPSA) is 57.7 Å². The zero-order valence-corrected chi connectivity index (χ0v) is 17.2. The number of rotatable bonds is 5. The van der Waals surface area contributed by atoms with Crippen LogP contribution in [0.15, 0.2) is 41.3 Å². The van der Waals surface area contributed by atoms with Crippen LogP contribution in [-0.4, -0.2) is 38.3 Å². The van der Waals surface area contributed by atoms with Gasteiger partial charge in [0.05, 0.1) is 10.6 Å². The van der Waals surface area contributed by atoms with E-state index in [1.165, 1.54) is 27.4 Å². The molecule has 1 aliphatic heterocycles. The maximum absolute atomic E-state index is 14.5. The Kier molecular flexibility index (Phi) is 5.86. The monoisotopic (exact) mass is 404 g/mol. The van der Waals surface area contributed by atoms with Crippen LogP contribution in [0.3, 0.4) is 0 Å². The van der Waals surface area contributed by atoms with Crippen LogP contribution >= 0.6 is 0 Å². The van der Waals surface area contributed by atoms with Crippen molar-refractivity contribution in [3.8, 4) is 0 Å². The van der Waals surface area contributed by atoms with Gasteiger partial charge in [-0.05, 0) is 49.1 Å². The van der Waals surface area contributed by atoms with Crippen LogP contribution in [-0.2, 0) is 16.4 Å². The summed E-state index contributed by atoms with van der Waals surface area (Å²) in [6.07, 6.45) is 1.45. The molecule has 2 aromatic rings. The maximum atomic E-state index is 14.5. The summed E-state index contributed by atoms with van der Waals surface area (Å²) in [4.78, 5) is 14.8. The van der Waals surface area contributed by atoms with Gasteiger partial charge in [0, 0.05) is 25.2 Å². The summed E-state index contributed by atoms with van der Waals surface area (Å²) >= 11 is 0. The van der Waals surface area contributed by atoms with Crippen LogP contribution in [0.2, 0.25) is 0 Å². The Hall–Kier alpha value is -2.25. The second-order valence-corrected chi connectivity index (χ2v) is 8.81. The largest absolute Gasteiger partial charge is 0.305 e. The van der Waals surface area contributed by atoms with Crippen LogP contribution in [0.4, 0.5) is 10.1 Å². The molecule has 0 aliphatic carbocycles. The summed E-state index contributed by atoms with van der Waals surface area (Å²) in [6, 6.07) is 9.38. The number of carbonyl (C=O) groups excluding carboxylic acids is 1. The van der Waals surface area contributed by atoms with Gasteiger partial charge in [-0.25, -0.2) is 12.8 Å². The molecule has 0 spiro atoms. The van der Waals surface area contributed by atoms with Crippen molar-refractivity contribution in [2.75, 3.05) is 24.5 Å². The fraction of sp³-hybridized carbons (Fsp3) is 0.381. The fourth-order valence-electron chi connectivity index (χ4n) is 3.66. The number of sulfonamides is 1. The summed E-state index contributed by atoms with van der Waals surface area (Å²) in [5, 5.41) is 0. The average molecular weight is 405 g/mol. The zero-order valence-electron chi connectivity index (χ0n) is 16.4. The standard InChI is InChI=1S/C21H25FN2O3S/c1-4-23(5-2)28(26,27)17-12-11-15(3)18(14-17)21(25)24-13-7-9-16-8-6-10-19(22)20(16)24/h6,8,10-12,14H,4-5,7,9,13H2,1-3H3. The molecule has 150 valence electrons. The lowest BCUT2D eigenvalue weighted by Gasteiger charge is -2.30. The van der Waals surface area contributed by atoms with Gasteiger partial charge in [0.1, 0.15) is 5.82 Å². The van der Waals surface area contributed by atoms with E-state index in [1.54, 1.807) is 32.9 Å². The quantitative estimate of drug-likeness (QED) is 0.762. The number of nitrogens with zero attached hydrogens (tertiary/aromatic N) is 2. The molecule has 0 saturated heterocycles. The zero-order chi connectivity index (χ0) is 20.5. The van der Waals surface area contributed by atoms with E-state index in [1.807, 2.05) is 6.07 Å². The summed E-state index contributed by atoms with van der Waals surface area (Å²) in [6.45, 7) is 6.40. The van der Waals surface area contributed by atoms with E-state index in [4.69, 9.17) is 0 Å². The van der Waals surface area contributed by atoms with Crippen LogP contribution < -0.4 is 4.90 Å². The molecule has 0 N–H and O–H groups in total. The first-order valence-electron chi connectivity index (χ1n) is 9.51. The minimum atomic E-state index is -3.68. The first-order chi connectivity index (χ1) is 13.3. The van der Waals surface area contributed by atoms with Crippen LogP contribution in [0.25, 0.3) is 0 Å². The van der Waals surface area contributed by atoms with E-state index in [0.717, 1.165) is 12.0 Å². The van der Waals surface area contributed by atoms with Gasteiger partial charge in [-0.3, -0.25) is 4.79 Å². The van der Waals surface area contributed by atoms with Crippen molar-refractivity contribution in [2.24, 2.45) is 0 Å². The normalized spacial score (nSPS) is 14.2. The molecule has 0 atom stereocenters. The Bertz CT molecular complexity index is 1000. The van der Waals surface area contributed by atoms with Gasteiger partial charge in [0.2, 0.25) is 10.0 Å². The van der Waals surface area contributed by atoms with Gasteiger partial charge < -0.3 is 4.90 Å². The van der Waals surface area contributed by atoms with E-state index in [0.29, 0.717) is 37.3 Å². The van der Waals surface area contributed by atoms with Crippen molar-refractivity contribution in [1.29, 1.82) is 0 Å². The molecule has 28 heavy (non-hydrogen) atoms. The number of hydrogen-bond acceptors (Lipinski definition) is 3. The first-order valence-corrected chi connectivity index (χ1v) is 10.9. The predicted molar refractivity (Wildman–Crippen MR) is 108 cm³/mol. The highest BCUT2D eigenvalue weighted by Gasteiger charge is 2.29. The molecular weight excluding hydrogens is 379 g/mol. The minimum Gasteiger partial charge on any atom is -0.305 e. The van der Waals surface area contributed by atoms with Crippen LogP contribution in [0.1, 0.15) is 41.8 Å². The Morgan fingerprint density at radius 2 is 1.89 bits per heavy atom. The van der Waals surface area contributed by atoms with Gasteiger partial charge in [0.25, 0.3) is 5.91 Å². The van der Waals surface area contributed by atoms with E-state index in [-0.39, 0.29) is 16.4 Å². The number of aryl methyl sites for hydroxylation is 2. The molecular formula is C21H25FN2O3S. The van der Waals surface area contributed by atoms with Gasteiger partial charge in [-0.15, -0.1) is 0 Å². The predicted octanol–water partition coefficient (Wildman–Crippen LogP) is 3.76. The Labute approximate surface area is 165 Å². The van der Waals surface area contributed by atoms with Crippen molar-refractivity contribution in [3.63, 3.8) is 0 Å². The molecule has 0 bridgehead atoms. The number of halogens is 1. The molecule has 0 radical (unpaired) electrons. The van der Waals surface area contributed by atoms with Crippen molar-refractivity contribution < 1.29 is 17.6 Å². The third-order valence-electron chi connectivity index (χ3n) is 5.20. The number of para-hydroxylation sites is 1. The Morgan fingerprint density at radius 3 is 2.57 bits per heavy atom. The molecule has 7 heteroatoms. The lowest BCUT2D eigenvalue weighted by atomic mass is 9.99.